The number of phenolic OH excluding ortho intramolecular Hbond substituents is 1. The molecule has 0 bridgehead atoms. The Labute approximate surface area is 152 Å². The van der Waals surface area contributed by atoms with Crippen molar-refractivity contribution < 1.29 is 19.4 Å². The first kappa shape index (κ1) is 19.0. The number of carbonyl (C=O) groups is 2. The SMILES string of the molecule is CNc1ccc(/C=C/C(=O)CC(=O)/C=C/c2ccc(O)cc2)cc1OC. The van der Waals surface area contributed by atoms with Crippen LogP contribution in [0.5, 0.6) is 11.5 Å². The van der Waals surface area contributed by atoms with Crippen molar-refractivity contribution in [3.8, 4) is 11.5 Å². The first-order valence-corrected chi connectivity index (χ1v) is 8.08. The molecule has 2 aromatic carbocycles. The van der Waals surface area contributed by atoms with Gasteiger partial charge in [-0.05, 0) is 47.5 Å². The van der Waals surface area contributed by atoms with Crippen LogP contribution in [0.1, 0.15) is 17.5 Å². The van der Waals surface area contributed by atoms with Gasteiger partial charge in [0.25, 0.3) is 0 Å². The largest absolute Gasteiger partial charge is 0.508 e. The van der Waals surface area contributed by atoms with Crippen LogP contribution in [-0.2, 0) is 9.59 Å². The van der Waals surface area contributed by atoms with Crippen molar-refractivity contribution in [2.45, 2.75) is 6.42 Å². The Morgan fingerprint density at radius 1 is 1.00 bits per heavy atom. The third-order valence-corrected chi connectivity index (χ3v) is 3.66. The van der Waals surface area contributed by atoms with E-state index in [0.29, 0.717) is 5.75 Å². The Morgan fingerprint density at radius 3 is 2.15 bits per heavy atom. The molecule has 0 spiro atoms. The van der Waals surface area contributed by atoms with Crippen molar-refractivity contribution >= 4 is 29.4 Å². The number of allylic oxidation sites excluding steroid dienone is 2. The molecule has 0 radical (unpaired) electrons. The minimum atomic E-state index is -0.282. The molecule has 0 saturated heterocycles. The molecule has 0 amide bonds. The second-order valence-electron chi connectivity index (χ2n) is 5.58. The van der Waals surface area contributed by atoms with Crippen molar-refractivity contribution in [1.82, 2.24) is 0 Å². The standard InChI is InChI=1S/C21H21NO4/c1-22-20-12-7-16(13-21(20)26-2)6-11-19(25)14-18(24)10-5-15-3-8-17(23)9-4-15/h3-13,22-23H,14H2,1-2H3/b10-5+,11-6+. The van der Waals surface area contributed by atoms with Gasteiger partial charge in [-0.2, -0.15) is 0 Å². The second-order valence-corrected chi connectivity index (χ2v) is 5.58. The summed E-state index contributed by atoms with van der Waals surface area (Å²) < 4.78 is 5.27. The van der Waals surface area contributed by atoms with Crippen LogP contribution in [0.25, 0.3) is 12.2 Å². The lowest BCUT2D eigenvalue weighted by atomic mass is 10.1. The van der Waals surface area contributed by atoms with Crippen LogP contribution >= 0.6 is 0 Å². The number of ether oxygens (including phenoxy) is 1. The van der Waals surface area contributed by atoms with E-state index in [1.807, 2.05) is 18.2 Å². The van der Waals surface area contributed by atoms with Crippen molar-refractivity contribution in [3.05, 3.63) is 65.7 Å². The third kappa shape index (κ3) is 5.63. The smallest absolute Gasteiger partial charge is 0.163 e. The number of phenols is 1. The van der Waals surface area contributed by atoms with Crippen LogP contribution in [0.15, 0.2) is 54.6 Å². The van der Waals surface area contributed by atoms with Crippen molar-refractivity contribution in [2.24, 2.45) is 0 Å². The maximum absolute atomic E-state index is 11.9. The highest BCUT2D eigenvalue weighted by Crippen LogP contribution is 2.25. The average Bonchev–Trinajstić information content (AvgIpc) is 2.65. The van der Waals surface area contributed by atoms with Gasteiger partial charge in [0.2, 0.25) is 0 Å². The van der Waals surface area contributed by atoms with Crippen LogP contribution in [0.2, 0.25) is 0 Å². The van der Waals surface area contributed by atoms with Gasteiger partial charge in [-0.1, -0.05) is 30.4 Å². The van der Waals surface area contributed by atoms with E-state index in [0.717, 1.165) is 16.8 Å². The molecule has 0 aliphatic heterocycles. The topological polar surface area (TPSA) is 75.6 Å². The first-order valence-electron chi connectivity index (χ1n) is 8.08. The molecule has 134 valence electrons. The number of anilines is 1. The fourth-order valence-corrected chi connectivity index (χ4v) is 2.27. The number of hydrogen-bond acceptors (Lipinski definition) is 5. The van der Waals surface area contributed by atoms with Crippen molar-refractivity contribution in [1.29, 1.82) is 0 Å². The summed E-state index contributed by atoms with van der Waals surface area (Å²) in [6.07, 6.45) is 5.82. The van der Waals surface area contributed by atoms with Crippen LogP contribution in [0.3, 0.4) is 0 Å². The number of hydrogen-bond donors (Lipinski definition) is 2. The quantitative estimate of drug-likeness (QED) is 0.560. The van der Waals surface area contributed by atoms with E-state index in [2.05, 4.69) is 5.32 Å². The molecule has 2 N–H and O–H groups in total. The first-order chi connectivity index (χ1) is 12.5. The van der Waals surface area contributed by atoms with Gasteiger partial charge in [0, 0.05) is 7.05 Å². The van der Waals surface area contributed by atoms with Gasteiger partial charge in [-0.3, -0.25) is 9.59 Å². The average molecular weight is 351 g/mol. The molecule has 5 nitrogen and oxygen atoms in total. The molecule has 0 aliphatic rings. The minimum absolute atomic E-state index is 0.160. The zero-order valence-electron chi connectivity index (χ0n) is 14.7. The Balaban J connectivity index is 1.94. The molecule has 2 rings (SSSR count). The summed E-state index contributed by atoms with van der Waals surface area (Å²) in [5.41, 5.74) is 2.43. The Bertz CT molecular complexity index is 836. The molecule has 2 aromatic rings. The monoisotopic (exact) mass is 351 g/mol. The molecule has 26 heavy (non-hydrogen) atoms. The van der Waals surface area contributed by atoms with Gasteiger partial charge in [0.15, 0.2) is 11.6 Å². The molecule has 5 heteroatoms. The summed E-state index contributed by atoms with van der Waals surface area (Å²) >= 11 is 0. The Morgan fingerprint density at radius 2 is 1.58 bits per heavy atom. The van der Waals surface area contributed by atoms with Gasteiger partial charge < -0.3 is 15.2 Å². The summed E-state index contributed by atoms with van der Waals surface area (Å²) in [5, 5.41) is 12.2. The van der Waals surface area contributed by atoms with Crippen LogP contribution < -0.4 is 10.1 Å². The van der Waals surface area contributed by atoms with Crippen LogP contribution in [0.4, 0.5) is 5.69 Å². The molecular formula is C21H21NO4. The summed E-state index contributed by atoms with van der Waals surface area (Å²) in [5.74, 6) is 0.279. The van der Waals surface area contributed by atoms with Gasteiger partial charge in [-0.25, -0.2) is 0 Å². The predicted octanol–water partition coefficient (Wildman–Crippen LogP) is 3.70. The van der Waals surface area contributed by atoms with Gasteiger partial charge in [0.05, 0.1) is 19.2 Å². The van der Waals surface area contributed by atoms with Crippen LogP contribution in [-0.4, -0.2) is 30.8 Å². The van der Waals surface area contributed by atoms with E-state index >= 15 is 0 Å². The lowest BCUT2D eigenvalue weighted by Gasteiger charge is -2.08. The maximum atomic E-state index is 11.9. The second kappa shape index (κ2) is 9.22. The maximum Gasteiger partial charge on any atom is 0.163 e. The minimum Gasteiger partial charge on any atom is -0.508 e. The number of benzene rings is 2. The number of methoxy groups -OCH3 is 1. The Hall–Kier alpha value is -3.34. The fraction of sp³-hybridized carbons (Fsp3) is 0.143. The highest BCUT2D eigenvalue weighted by Gasteiger charge is 2.05. The van der Waals surface area contributed by atoms with Crippen LogP contribution in [0, 0.1) is 0 Å². The molecular weight excluding hydrogens is 330 g/mol. The lowest BCUT2D eigenvalue weighted by Crippen LogP contribution is -2.01. The highest BCUT2D eigenvalue weighted by molar-refractivity contribution is 6.10. The van der Waals surface area contributed by atoms with Gasteiger partial charge in [-0.15, -0.1) is 0 Å². The summed E-state index contributed by atoms with van der Waals surface area (Å²) in [7, 11) is 3.38. The van der Waals surface area contributed by atoms with E-state index in [1.54, 1.807) is 38.4 Å². The third-order valence-electron chi connectivity index (χ3n) is 3.66. The van der Waals surface area contributed by atoms with Gasteiger partial charge in [0.1, 0.15) is 11.5 Å². The van der Waals surface area contributed by atoms with Gasteiger partial charge >= 0.3 is 0 Å². The molecule has 0 unspecified atom stereocenters. The van der Waals surface area contributed by atoms with E-state index < -0.39 is 0 Å². The molecule has 0 aromatic heterocycles. The normalized spacial score (nSPS) is 11.0. The molecule has 0 fully saturated rings. The zero-order chi connectivity index (χ0) is 18.9. The van der Waals surface area contributed by atoms with E-state index in [4.69, 9.17) is 4.74 Å². The molecule has 0 aliphatic carbocycles. The summed E-state index contributed by atoms with van der Waals surface area (Å²) in [6.45, 7) is 0. The highest BCUT2D eigenvalue weighted by atomic mass is 16.5. The number of aromatic hydroxyl groups is 1. The number of ketones is 2. The van der Waals surface area contributed by atoms with E-state index in [9.17, 15) is 14.7 Å². The zero-order valence-corrected chi connectivity index (χ0v) is 14.7. The molecule has 0 atom stereocenters. The molecule has 0 saturated carbocycles. The lowest BCUT2D eigenvalue weighted by molar-refractivity contribution is -0.121. The number of carbonyl (C=O) groups excluding carboxylic acids is 2. The number of nitrogens with one attached hydrogen (secondary N) is 1. The number of rotatable bonds is 8. The van der Waals surface area contributed by atoms with Crippen molar-refractivity contribution in [2.75, 3.05) is 19.5 Å². The van der Waals surface area contributed by atoms with Crippen molar-refractivity contribution in [3.63, 3.8) is 0 Å². The van der Waals surface area contributed by atoms with E-state index in [-0.39, 0.29) is 23.7 Å². The predicted molar refractivity (Wildman–Crippen MR) is 103 cm³/mol. The summed E-state index contributed by atoms with van der Waals surface area (Å²) in [4.78, 5) is 23.8. The van der Waals surface area contributed by atoms with E-state index in [1.165, 1.54) is 24.3 Å². The summed E-state index contributed by atoms with van der Waals surface area (Å²) in [6, 6.07) is 11.9. The Kier molecular flexibility index (Phi) is 6.74. The fourth-order valence-electron chi connectivity index (χ4n) is 2.27. The molecule has 0 heterocycles.